The zero-order chi connectivity index (χ0) is 38.3. The first-order chi connectivity index (χ1) is 25.4. The van der Waals surface area contributed by atoms with Crippen LogP contribution in [-0.2, 0) is 32.0 Å². The number of fused-ring (bicyclic) bond motifs is 2. The smallest absolute Gasteiger partial charge is 0.253 e. The highest BCUT2D eigenvalue weighted by Gasteiger charge is 2.30. The van der Waals surface area contributed by atoms with E-state index >= 15 is 0 Å². The van der Waals surface area contributed by atoms with Crippen molar-refractivity contribution in [3.63, 3.8) is 0 Å². The Hall–Kier alpha value is -5.59. The van der Waals surface area contributed by atoms with Crippen molar-refractivity contribution in [1.82, 2.24) is 36.9 Å². The van der Waals surface area contributed by atoms with Gasteiger partial charge in [-0.1, -0.05) is 88.4 Å². The van der Waals surface area contributed by atoms with Gasteiger partial charge in [0.15, 0.2) is 0 Å². The van der Waals surface area contributed by atoms with Gasteiger partial charge < -0.3 is 31.9 Å². The summed E-state index contributed by atoms with van der Waals surface area (Å²) in [4.78, 5) is 85.7. The van der Waals surface area contributed by atoms with Crippen LogP contribution in [0.25, 0.3) is 0 Å². The molecular weight excluding hydrogens is 674 g/mol. The normalized spacial score (nSPS) is 21.2. The zero-order valence-corrected chi connectivity index (χ0v) is 30.8. The predicted octanol–water partition coefficient (Wildman–Crippen LogP) is 2.46. The van der Waals surface area contributed by atoms with Crippen molar-refractivity contribution in [2.24, 2.45) is 11.8 Å². The molecule has 1 aliphatic heterocycles. The van der Waals surface area contributed by atoms with Crippen LogP contribution >= 0.6 is 0 Å². The van der Waals surface area contributed by atoms with Gasteiger partial charge in [-0.15, -0.1) is 0 Å². The first-order valence-electron chi connectivity index (χ1n) is 18.2. The van der Waals surface area contributed by atoms with E-state index in [1.165, 1.54) is 18.5 Å². The summed E-state index contributed by atoms with van der Waals surface area (Å²) in [6.07, 6.45) is 3.91. The number of hydrogen-bond acceptors (Lipinski definition) is 7. The largest absolute Gasteiger partial charge is 0.354 e. The third-order valence-corrected chi connectivity index (χ3v) is 8.70. The van der Waals surface area contributed by atoms with Crippen LogP contribution in [0.2, 0.25) is 0 Å². The lowest BCUT2D eigenvalue weighted by molar-refractivity contribution is -0.130. The maximum absolute atomic E-state index is 13.7. The van der Waals surface area contributed by atoms with Crippen molar-refractivity contribution < 1.29 is 28.8 Å². The van der Waals surface area contributed by atoms with Crippen molar-refractivity contribution >= 4 is 35.4 Å². The van der Waals surface area contributed by atoms with Gasteiger partial charge in [-0.2, -0.15) is 0 Å². The minimum absolute atomic E-state index is 0.00721. The van der Waals surface area contributed by atoms with Crippen LogP contribution in [0.1, 0.15) is 78.8 Å². The molecular formula is C40H51N7O6. The Labute approximate surface area is 310 Å². The number of amides is 6. The molecule has 4 atom stereocenters. The summed E-state index contributed by atoms with van der Waals surface area (Å²) in [6, 6.07) is 15.9. The lowest BCUT2D eigenvalue weighted by atomic mass is 10.00. The van der Waals surface area contributed by atoms with E-state index < -0.39 is 59.6 Å². The van der Waals surface area contributed by atoms with Gasteiger partial charge in [0.25, 0.3) is 11.8 Å². The quantitative estimate of drug-likeness (QED) is 0.206. The van der Waals surface area contributed by atoms with Gasteiger partial charge in [-0.05, 0) is 48.3 Å². The predicted molar refractivity (Wildman–Crippen MR) is 200 cm³/mol. The molecule has 4 rings (SSSR count). The number of hydrogen-bond donors (Lipinski definition) is 6. The van der Waals surface area contributed by atoms with Crippen LogP contribution in [0.5, 0.6) is 0 Å². The maximum atomic E-state index is 13.7. The molecule has 0 fully saturated rings. The molecule has 0 radical (unpaired) electrons. The molecule has 0 unspecified atom stereocenters. The maximum Gasteiger partial charge on any atom is 0.253 e. The standard InChI is InChI=1S/C40H51N7O6/c1-25(2)18-31-39(52)46-33(20-27-12-7-5-8-13-27)37(50)42-16-11-17-43-38(51)34(21-28-14-9-6-10-15-28)47-40(53)32(19-26(3)4)45-36(49)30-22-29(23-41-24-30)35(48)44-31/h5-10,12-15,22-26,31-34H,11,16-21H2,1-4H3,(H,42,50)(H,43,51)(H,44,48)(H,45,49)(H,46,52)(H,47,53)/t31-,32-,33-,34-/m0/s1. The molecule has 2 aromatic carbocycles. The van der Waals surface area contributed by atoms with E-state index in [9.17, 15) is 28.8 Å². The number of rotatable bonds is 8. The summed E-state index contributed by atoms with van der Waals surface area (Å²) in [7, 11) is 0. The summed E-state index contributed by atoms with van der Waals surface area (Å²) >= 11 is 0. The molecule has 3 aromatic rings. The van der Waals surface area contributed by atoms with Crippen LogP contribution in [0.15, 0.2) is 79.1 Å². The molecule has 1 aliphatic rings. The average Bonchev–Trinajstić information content (AvgIpc) is 3.13. The molecule has 2 heterocycles. The molecule has 13 heteroatoms. The van der Waals surface area contributed by atoms with Crippen LogP contribution in [-0.4, -0.2) is 77.7 Å². The number of carbonyl (C=O) groups is 6. The molecule has 282 valence electrons. The van der Waals surface area contributed by atoms with Gasteiger partial charge in [-0.25, -0.2) is 0 Å². The van der Waals surface area contributed by atoms with Crippen LogP contribution in [0.4, 0.5) is 0 Å². The highest BCUT2D eigenvalue weighted by atomic mass is 16.2. The van der Waals surface area contributed by atoms with Gasteiger partial charge in [0.05, 0.1) is 11.1 Å². The van der Waals surface area contributed by atoms with E-state index in [4.69, 9.17) is 0 Å². The van der Waals surface area contributed by atoms with Crippen molar-refractivity contribution in [2.45, 2.75) is 84.0 Å². The first-order valence-corrected chi connectivity index (χ1v) is 18.2. The third kappa shape index (κ3) is 12.8. The fourth-order valence-corrected chi connectivity index (χ4v) is 6.00. The SMILES string of the molecule is CC(C)C[C@@H]1NC(=O)c2cncc(c2)C(=O)N[C@@H](CC(C)C)C(=O)N[C@@H](Cc2ccccc2)C(=O)NCCCNC(=O)[C@H](Cc2ccccc2)NC1=O. The highest BCUT2D eigenvalue weighted by molar-refractivity contribution is 6.02. The minimum atomic E-state index is -0.998. The Morgan fingerprint density at radius 2 is 0.943 bits per heavy atom. The Kier molecular flexibility index (Phi) is 15.1. The molecule has 6 amide bonds. The van der Waals surface area contributed by atoms with Gasteiger partial charge in [0.2, 0.25) is 23.6 Å². The minimum Gasteiger partial charge on any atom is -0.354 e. The summed E-state index contributed by atoms with van der Waals surface area (Å²) in [5, 5.41) is 17.0. The fourth-order valence-electron chi connectivity index (χ4n) is 6.00. The van der Waals surface area contributed by atoms with Gasteiger partial charge in [-0.3, -0.25) is 33.8 Å². The second-order valence-corrected chi connectivity index (χ2v) is 14.2. The third-order valence-electron chi connectivity index (χ3n) is 8.70. The summed E-state index contributed by atoms with van der Waals surface area (Å²) < 4.78 is 0. The second kappa shape index (κ2) is 19.9. The van der Waals surface area contributed by atoms with Gasteiger partial charge in [0.1, 0.15) is 24.2 Å². The van der Waals surface area contributed by atoms with Crippen molar-refractivity contribution in [3.05, 3.63) is 101 Å². The Balaban J connectivity index is 1.66. The number of benzene rings is 2. The van der Waals surface area contributed by atoms with Gasteiger partial charge in [0, 0.05) is 38.3 Å². The van der Waals surface area contributed by atoms with E-state index in [0.29, 0.717) is 6.42 Å². The van der Waals surface area contributed by atoms with Crippen LogP contribution in [0, 0.1) is 11.8 Å². The molecule has 2 bridgehead atoms. The lowest BCUT2D eigenvalue weighted by Gasteiger charge is -2.25. The van der Waals surface area contributed by atoms with E-state index in [2.05, 4.69) is 36.9 Å². The Bertz CT molecular complexity index is 1600. The van der Waals surface area contributed by atoms with E-state index in [0.717, 1.165) is 11.1 Å². The Morgan fingerprint density at radius 1 is 0.547 bits per heavy atom. The molecule has 53 heavy (non-hydrogen) atoms. The van der Waals surface area contributed by atoms with Crippen molar-refractivity contribution in [3.8, 4) is 0 Å². The summed E-state index contributed by atoms with van der Waals surface area (Å²) in [6.45, 7) is 8.05. The van der Waals surface area contributed by atoms with E-state index in [1.54, 1.807) is 0 Å². The molecule has 6 N–H and O–H groups in total. The second-order valence-electron chi connectivity index (χ2n) is 14.2. The molecule has 1 aromatic heterocycles. The molecule has 13 nitrogen and oxygen atoms in total. The average molecular weight is 726 g/mol. The number of nitrogens with zero attached hydrogens (tertiary/aromatic N) is 1. The van der Waals surface area contributed by atoms with Crippen LogP contribution < -0.4 is 31.9 Å². The first kappa shape index (κ1) is 40.2. The lowest BCUT2D eigenvalue weighted by Crippen LogP contribution is -2.55. The summed E-state index contributed by atoms with van der Waals surface area (Å²) in [5.41, 5.74) is 1.72. The van der Waals surface area contributed by atoms with E-state index in [1.807, 2.05) is 88.4 Å². The monoisotopic (exact) mass is 725 g/mol. The number of pyridine rings is 1. The fraction of sp³-hybridized carbons (Fsp3) is 0.425. The highest BCUT2D eigenvalue weighted by Crippen LogP contribution is 2.13. The zero-order valence-electron chi connectivity index (χ0n) is 30.8. The molecule has 0 aliphatic carbocycles. The number of carbonyl (C=O) groups excluding carboxylic acids is 6. The van der Waals surface area contributed by atoms with Crippen molar-refractivity contribution in [1.29, 1.82) is 0 Å². The number of nitrogens with one attached hydrogen (secondary N) is 6. The molecule has 0 saturated heterocycles. The molecule has 0 saturated carbocycles. The van der Waals surface area contributed by atoms with E-state index in [-0.39, 0.29) is 61.7 Å². The van der Waals surface area contributed by atoms with Crippen molar-refractivity contribution in [2.75, 3.05) is 13.1 Å². The topological polar surface area (TPSA) is 187 Å². The Morgan fingerprint density at radius 3 is 1.32 bits per heavy atom. The molecule has 0 spiro atoms. The number of aromatic nitrogens is 1. The summed E-state index contributed by atoms with van der Waals surface area (Å²) in [5.74, 6) is -3.16. The van der Waals surface area contributed by atoms with Gasteiger partial charge >= 0.3 is 0 Å². The van der Waals surface area contributed by atoms with Crippen LogP contribution in [0.3, 0.4) is 0 Å².